The monoisotopic (exact) mass is 223 g/mol. The number of carbonyl (C=O) groups excluding carboxylic acids is 1. The van der Waals surface area contributed by atoms with E-state index < -0.39 is 4.92 Å². The SMILES string of the molecule is CC(=O)C1CCCn2c(C)nc([N+](=O)[O-])c21. The number of carbonyl (C=O) groups is 1. The van der Waals surface area contributed by atoms with Crippen molar-refractivity contribution in [3.05, 3.63) is 21.6 Å². The molecule has 0 spiro atoms. The maximum Gasteiger partial charge on any atom is 0.385 e. The van der Waals surface area contributed by atoms with Gasteiger partial charge in [-0.1, -0.05) is 0 Å². The van der Waals surface area contributed by atoms with E-state index in [2.05, 4.69) is 4.98 Å². The summed E-state index contributed by atoms with van der Waals surface area (Å²) in [5.74, 6) is 0.0735. The fourth-order valence-corrected chi connectivity index (χ4v) is 2.31. The van der Waals surface area contributed by atoms with Crippen LogP contribution in [0.4, 0.5) is 5.82 Å². The minimum absolute atomic E-state index is 0.0241. The lowest BCUT2D eigenvalue weighted by molar-refractivity contribution is -0.390. The smallest absolute Gasteiger partial charge is 0.358 e. The van der Waals surface area contributed by atoms with Crippen molar-refractivity contribution in [2.24, 2.45) is 0 Å². The molecule has 0 aliphatic carbocycles. The third kappa shape index (κ3) is 1.50. The van der Waals surface area contributed by atoms with Crippen LogP contribution >= 0.6 is 0 Å². The molecule has 2 rings (SSSR count). The van der Waals surface area contributed by atoms with Crippen LogP contribution in [0.15, 0.2) is 0 Å². The third-order valence-electron chi connectivity index (χ3n) is 3.05. The molecule has 1 unspecified atom stereocenters. The first-order chi connectivity index (χ1) is 7.52. The summed E-state index contributed by atoms with van der Waals surface area (Å²) in [5, 5.41) is 10.9. The summed E-state index contributed by atoms with van der Waals surface area (Å²) >= 11 is 0. The molecule has 0 radical (unpaired) electrons. The molecule has 2 heterocycles. The normalized spacial score (nSPS) is 19.2. The van der Waals surface area contributed by atoms with Crippen LogP contribution in [0.25, 0.3) is 0 Å². The molecule has 16 heavy (non-hydrogen) atoms. The first-order valence-corrected chi connectivity index (χ1v) is 5.24. The number of fused-ring (bicyclic) bond motifs is 1. The molecule has 1 atom stereocenters. The molecule has 0 saturated carbocycles. The van der Waals surface area contributed by atoms with Crippen LogP contribution in [-0.4, -0.2) is 20.3 Å². The lowest BCUT2D eigenvalue weighted by Gasteiger charge is -2.21. The van der Waals surface area contributed by atoms with Crippen molar-refractivity contribution < 1.29 is 9.72 Å². The van der Waals surface area contributed by atoms with Crippen molar-refractivity contribution in [3.8, 4) is 0 Å². The maximum absolute atomic E-state index is 11.5. The summed E-state index contributed by atoms with van der Waals surface area (Å²) in [6.07, 6.45) is 1.55. The molecular weight excluding hydrogens is 210 g/mol. The quantitative estimate of drug-likeness (QED) is 0.563. The molecule has 6 nitrogen and oxygen atoms in total. The summed E-state index contributed by atoms with van der Waals surface area (Å²) in [7, 11) is 0. The summed E-state index contributed by atoms with van der Waals surface area (Å²) < 4.78 is 1.80. The number of hydrogen-bond acceptors (Lipinski definition) is 4. The van der Waals surface area contributed by atoms with Gasteiger partial charge in [0.05, 0.1) is 5.92 Å². The van der Waals surface area contributed by atoms with Crippen molar-refractivity contribution in [1.82, 2.24) is 9.55 Å². The number of aryl methyl sites for hydroxylation is 1. The number of imidazole rings is 1. The molecular formula is C10H13N3O3. The largest absolute Gasteiger partial charge is 0.385 e. The molecule has 0 saturated heterocycles. The lowest BCUT2D eigenvalue weighted by Crippen LogP contribution is -2.21. The van der Waals surface area contributed by atoms with E-state index in [1.165, 1.54) is 6.92 Å². The lowest BCUT2D eigenvalue weighted by atomic mass is 9.92. The van der Waals surface area contributed by atoms with Crippen LogP contribution in [0, 0.1) is 17.0 Å². The topological polar surface area (TPSA) is 78.0 Å². The van der Waals surface area contributed by atoms with E-state index in [4.69, 9.17) is 0 Å². The molecule has 0 amide bonds. The van der Waals surface area contributed by atoms with E-state index in [1.807, 2.05) is 0 Å². The van der Waals surface area contributed by atoms with Crippen molar-refractivity contribution in [2.45, 2.75) is 39.2 Å². The van der Waals surface area contributed by atoms with Crippen LogP contribution in [0.2, 0.25) is 0 Å². The Morgan fingerprint density at radius 1 is 1.62 bits per heavy atom. The minimum atomic E-state index is -0.500. The van der Waals surface area contributed by atoms with Gasteiger partial charge in [0.2, 0.25) is 5.82 Å². The Labute approximate surface area is 92.4 Å². The number of nitrogens with zero attached hydrogens (tertiary/aromatic N) is 3. The van der Waals surface area contributed by atoms with Gasteiger partial charge in [0.1, 0.15) is 11.5 Å². The Morgan fingerprint density at radius 2 is 2.31 bits per heavy atom. The van der Waals surface area contributed by atoms with Crippen molar-refractivity contribution in [3.63, 3.8) is 0 Å². The molecule has 6 heteroatoms. The molecule has 1 aliphatic heterocycles. The van der Waals surface area contributed by atoms with Crippen molar-refractivity contribution in [2.75, 3.05) is 0 Å². The second-order valence-electron chi connectivity index (χ2n) is 4.08. The molecule has 1 aromatic rings. The molecule has 0 bridgehead atoms. The molecule has 0 N–H and O–H groups in total. The number of rotatable bonds is 2. The summed E-state index contributed by atoms with van der Waals surface area (Å²) in [6.45, 7) is 3.93. The fourth-order valence-electron chi connectivity index (χ4n) is 2.31. The van der Waals surface area contributed by atoms with Gasteiger partial charge in [-0.25, -0.2) is 0 Å². The molecule has 0 aromatic carbocycles. The predicted octanol–water partition coefficient (Wildman–Crippen LogP) is 1.57. The zero-order valence-electron chi connectivity index (χ0n) is 9.27. The van der Waals surface area contributed by atoms with Crippen LogP contribution < -0.4 is 0 Å². The van der Waals surface area contributed by atoms with Crippen LogP contribution in [-0.2, 0) is 11.3 Å². The second-order valence-corrected chi connectivity index (χ2v) is 4.08. The van der Waals surface area contributed by atoms with Gasteiger partial charge >= 0.3 is 5.82 Å². The standard InChI is InChI=1S/C10H13N3O3/c1-6(14)8-4-3-5-12-7(2)11-10(9(8)12)13(15)16/h8H,3-5H2,1-2H3. The molecule has 1 aliphatic rings. The predicted molar refractivity (Wildman–Crippen MR) is 56.3 cm³/mol. The minimum Gasteiger partial charge on any atom is -0.358 e. The average Bonchev–Trinajstić information content (AvgIpc) is 2.56. The number of ketones is 1. The Bertz CT molecular complexity index is 464. The third-order valence-corrected chi connectivity index (χ3v) is 3.05. The Kier molecular flexibility index (Phi) is 2.49. The molecule has 0 fully saturated rings. The summed E-state index contributed by atoms with van der Waals surface area (Å²) in [5.41, 5.74) is 0.487. The van der Waals surface area contributed by atoms with E-state index in [0.29, 0.717) is 24.5 Å². The average molecular weight is 223 g/mol. The van der Waals surface area contributed by atoms with Gasteiger partial charge in [0.25, 0.3) is 0 Å². The second kappa shape index (κ2) is 3.70. The zero-order chi connectivity index (χ0) is 11.9. The molecule has 1 aromatic heterocycles. The fraction of sp³-hybridized carbons (Fsp3) is 0.600. The highest BCUT2D eigenvalue weighted by atomic mass is 16.6. The Morgan fingerprint density at radius 3 is 2.88 bits per heavy atom. The van der Waals surface area contributed by atoms with Crippen molar-refractivity contribution >= 4 is 11.6 Å². The van der Waals surface area contributed by atoms with Gasteiger partial charge in [0.15, 0.2) is 0 Å². The Balaban J connectivity index is 2.60. The van der Waals surface area contributed by atoms with Gasteiger partial charge in [-0.3, -0.25) is 4.79 Å². The van der Waals surface area contributed by atoms with Gasteiger partial charge in [-0.2, -0.15) is 0 Å². The van der Waals surface area contributed by atoms with E-state index >= 15 is 0 Å². The number of aromatic nitrogens is 2. The first kappa shape index (κ1) is 10.8. The van der Waals surface area contributed by atoms with E-state index in [-0.39, 0.29) is 17.5 Å². The first-order valence-electron chi connectivity index (χ1n) is 5.24. The van der Waals surface area contributed by atoms with E-state index in [9.17, 15) is 14.9 Å². The summed E-state index contributed by atoms with van der Waals surface area (Å²) in [4.78, 5) is 25.8. The zero-order valence-corrected chi connectivity index (χ0v) is 9.27. The molecule has 86 valence electrons. The van der Waals surface area contributed by atoms with Gasteiger partial charge < -0.3 is 14.7 Å². The van der Waals surface area contributed by atoms with Crippen LogP contribution in [0.5, 0.6) is 0 Å². The van der Waals surface area contributed by atoms with E-state index in [1.54, 1.807) is 11.5 Å². The summed E-state index contributed by atoms with van der Waals surface area (Å²) in [6, 6.07) is 0. The van der Waals surface area contributed by atoms with Crippen molar-refractivity contribution in [1.29, 1.82) is 0 Å². The van der Waals surface area contributed by atoms with E-state index in [0.717, 1.165) is 6.42 Å². The highest BCUT2D eigenvalue weighted by molar-refractivity contribution is 5.84. The van der Waals surface area contributed by atoms with Gasteiger partial charge in [-0.15, -0.1) is 0 Å². The van der Waals surface area contributed by atoms with Gasteiger partial charge in [0, 0.05) is 13.5 Å². The highest BCUT2D eigenvalue weighted by Gasteiger charge is 2.35. The van der Waals surface area contributed by atoms with Crippen LogP contribution in [0.3, 0.4) is 0 Å². The maximum atomic E-state index is 11.5. The van der Waals surface area contributed by atoms with Crippen LogP contribution in [0.1, 0.15) is 37.2 Å². The van der Waals surface area contributed by atoms with Gasteiger partial charge in [-0.05, 0) is 29.7 Å². The highest BCUT2D eigenvalue weighted by Crippen LogP contribution is 2.35. The number of Topliss-reactive ketones (excluding diaryl/α,β-unsaturated/α-hetero) is 1. The Hall–Kier alpha value is -1.72. The number of hydrogen-bond donors (Lipinski definition) is 0. The number of nitro groups is 1.